The highest BCUT2D eigenvalue weighted by atomic mass is 16.3. The molecule has 4 rings (SSSR count). The first-order chi connectivity index (χ1) is 9.95. The van der Waals surface area contributed by atoms with Crippen LogP contribution in [-0.4, -0.2) is 22.4 Å². The van der Waals surface area contributed by atoms with Crippen molar-refractivity contribution in [3.63, 3.8) is 0 Å². The zero-order chi connectivity index (χ0) is 14.8. The van der Waals surface area contributed by atoms with Gasteiger partial charge in [-0.2, -0.15) is 0 Å². The van der Waals surface area contributed by atoms with Gasteiger partial charge >= 0.3 is 0 Å². The van der Waals surface area contributed by atoms with Gasteiger partial charge in [0.2, 0.25) is 0 Å². The Balaban J connectivity index is 1.62. The molecule has 7 unspecified atom stereocenters. The molecule has 4 fully saturated rings. The van der Waals surface area contributed by atoms with Crippen LogP contribution in [0.15, 0.2) is 0 Å². The topological polar surface area (TPSA) is 40.5 Å². The molecule has 0 aromatic heterocycles. The lowest BCUT2D eigenvalue weighted by atomic mass is 9.45. The predicted molar refractivity (Wildman–Crippen MR) is 83.7 cm³/mol. The summed E-state index contributed by atoms with van der Waals surface area (Å²) in [6.07, 6.45) is 10.7. The summed E-state index contributed by atoms with van der Waals surface area (Å²) in [5.74, 6) is 3.21. The van der Waals surface area contributed by atoms with Crippen molar-refractivity contribution >= 4 is 0 Å². The number of hydrogen-bond donors (Lipinski definition) is 2. The molecule has 21 heavy (non-hydrogen) atoms. The van der Waals surface area contributed by atoms with E-state index in [-0.39, 0.29) is 17.6 Å². The molecule has 0 spiro atoms. The average Bonchev–Trinajstić information content (AvgIpc) is 2.76. The van der Waals surface area contributed by atoms with Gasteiger partial charge < -0.3 is 10.2 Å². The average molecular weight is 292 g/mol. The van der Waals surface area contributed by atoms with Crippen LogP contribution in [0.1, 0.15) is 71.6 Å². The Kier molecular flexibility index (Phi) is 3.25. The van der Waals surface area contributed by atoms with Gasteiger partial charge in [-0.15, -0.1) is 0 Å². The fourth-order valence-electron chi connectivity index (χ4n) is 7.21. The van der Waals surface area contributed by atoms with E-state index in [9.17, 15) is 10.2 Å². The van der Waals surface area contributed by atoms with Crippen LogP contribution in [0.5, 0.6) is 0 Å². The quantitative estimate of drug-likeness (QED) is 0.714. The third kappa shape index (κ3) is 1.91. The largest absolute Gasteiger partial charge is 0.393 e. The predicted octanol–water partition coefficient (Wildman–Crippen LogP) is 3.75. The third-order valence-electron chi connectivity index (χ3n) is 8.59. The number of aliphatic hydroxyl groups excluding tert-OH is 2. The van der Waals surface area contributed by atoms with Crippen molar-refractivity contribution in [2.45, 2.75) is 83.8 Å². The van der Waals surface area contributed by atoms with Crippen LogP contribution in [0.2, 0.25) is 0 Å². The van der Waals surface area contributed by atoms with Gasteiger partial charge in [0.05, 0.1) is 12.2 Å². The minimum Gasteiger partial charge on any atom is -0.393 e. The molecule has 2 nitrogen and oxygen atoms in total. The first-order valence-electron chi connectivity index (χ1n) is 9.31. The van der Waals surface area contributed by atoms with E-state index >= 15 is 0 Å². The minimum atomic E-state index is -0.0536. The number of hydrogen-bond acceptors (Lipinski definition) is 2. The van der Waals surface area contributed by atoms with Gasteiger partial charge in [0.25, 0.3) is 0 Å². The first-order valence-corrected chi connectivity index (χ1v) is 9.31. The van der Waals surface area contributed by atoms with Crippen molar-refractivity contribution in [1.29, 1.82) is 0 Å². The highest BCUT2D eigenvalue weighted by Crippen LogP contribution is 2.66. The van der Waals surface area contributed by atoms with E-state index in [1.54, 1.807) is 0 Å². The summed E-state index contributed by atoms with van der Waals surface area (Å²) in [6.45, 7) is 4.90. The van der Waals surface area contributed by atoms with Gasteiger partial charge in [0.1, 0.15) is 0 Å². The fraction of sp³-hybridized carbons (Fsp3) is 1.00. The second-order valence-electron chi connectivity index (χ2n) is 9.22. The fourth-order valence-corrected chi connectivity index (χ4v) is 7.21. The molecule has 2 N–H and O–H groups in total. The van der Waals surface area contributed by atoms with E-state index in [1.807, 2.05) is 0 Å². The highest BCUT2D eigenvalue weighted by Gasteiger charge is 2.59. The summed E-state index contributed by atoms with van der Waals surface area (Å²) in [5.41, 5.74) is 0.676. The second kappa shape index (κ2) is 4.71. The molecule has 0 saturated heterocycles. The molecule has 4 saturated carbocycles. The molecule has 4 aliphatic carbocycles. The molecular weight excluding hydrogens is 260 g/mol. The van der Waals surface area contributed by atoms with E-state index in [0.717, 1.165) is 42.9 Å². The normalized spacial score (nSPS) is 60.0. The minimum absolute atomic E-state index is 0.0400. The van der Waals surface area contributed by atoms with Crippen LogP contribution in [-0.2, 0) is 0 Å². The SMILES string of the molecule is CC12CCC(O)CC1CCC1C2CCC2(C)C1CC[C@@H]2O. The molecule has 2 heteroatoms. The van der Waals surface area contributed by atoms with Crippen LogP contribution in [0.4, 0.5) is 0 Å². The van der Waals surface area contributed by atoms with E-state index in [0.29, 0.717) is 5.41 Å². The van der Waals surface area contributed by atoms with E-state index in [2.05, 4.69) is 13.8 Å². The standard InChI is InChI=1S/C19H32O2/c1-18-9-7-13(20)11-12(18)3-4-14-15-5-6-17(21)19(15,2)10-8-16(14)18/h12-17,20-21H,3-11H2,1-2H3/t12?,13?,14?,15?,16?,17-,18?,19?/m0/s1. The summed E-state index contributed by atoms with van der Waals surface area (Å²) < 4.78 is 0. The number of rotatable bonds is 0. The zero-order valence-corrected chi connectivity index (χ0v) is 13.7. The number of fused-ring (bicyclic) bond motifs is 5. The summed E-state index contributed by atoms with van der Waals surface area (Å²) in [5, 5.41) is 20.5. The van der Waals surface area contributed by atoms with Gasteiger partial charge in [0, 0.05) is 0 Å². The first kappa shape index (κ1) is 14.5. The molecule has 0 radical (unpaired) electrons. The van der Waals surface area contributed by atoms with Crippen molar-refractivity contribution < 1.29 is 10.2 Å². The van der Waals surface area contributed by atoms with Gasteiger partial charge in [-0.1, -0.05) is 13.8 Å². The van der Waals surface area contributed by atoms with Crippen molar-refractivity contribution in [1.82, 2.24) is 0 Å². The smallest absolute Gasteiger partial charge is 0.0596 e. The van der Waals surface area contributed by atoms with E-state index in [1.165, 1.54) is 38.5 Å². The lowest BCUT2D eigenvalue weighted by Gasteiger charge is -2.60. The van der Waals surface area contributed by atoms with Crippen molar-refractivity contribution in [2.24, 2.45) is 34.5 Å². The van der Waals surface area contributed by atoms with Crippen molar-refractivity contribution in [2.75, 3.05) is 0 Å². The molecule has 0 aliphatic heterocycles. The van der Waals surface area contributed by atoms with Crippen LogP contribution >= 0.6 is 0 Å². The molecule has 0 aromatic carbocycles. The van der Waals surface area contributed by atoms with Crippen molar-refractivity contribution in [3.8, 4) is 0 Å². The Hall–Kier alpha value is -0.0800. The Bertz CT molecular complexity index is 422. The van der Waals surface area contributed by atoms with Crippen LogP contribution in [0, 0.1) is 34.5 Å². The van der Waals surface area contributed by atoms with Crippen LogP contribution < -0.4 is 0 Å². The summed E-state index contributed by atoms with van der Waals surface area (Å²) in [6, 6.07) is 0. The van der Waals surface area contributed by atoms with Crippen molar-refractivity contribution in [3.05, 3.63) is 0 Å². The van der Waals surface area contributed by atoms with Crippen LogP contribution in [0.3, 0.4) is 0 Å². The van der Waals surface area contributed by atoms with E-state index in [4.69, 9.17) is 0 Å². The maximum Gasteiger partial charge on any atom is 0.0596 e. The van der Waals surface area contributed by atoms with Crippen LogP contribution in [0.25, 0.3) is 0 Å². The lowest BCUT2D eigenvalue weighted by Crippen LogP contribution is -2.54. The number of aliphatic hydroxyl groups is 2. The Morgan fingerprint density at radius 3 is 2.29 bits per heavy atom. The molecule has 0 amide bonds. The molecular formula is C19H32O2. The monoisotopic (exact) mass is 292 g/mol. The maximum absolute atomic E-state index is 10.5. The van der Waals surface area contributed by atoms with E-state index < -0.39 is 0 Å². The molecule has 0 heterocycles. The van der Waals surface area contributed by atoms with Gasteiger partial charge in [-0.25, -0.2) is 0 Å². The second-order valence-corrected chi connectivity index (χ2v) is 9.22. The maximum atomic E-state index is 10.5. The van der Waals surface area contributed by atoms with Gasteiger partial charge in [-0.05, 0) is 92.3 Å². The molecule has 8 atom stereocenters. The molecule has 4 aliphatic rings. The summed E-state index contributed by atoms with van der Waals surface area (Å²) in [4.78, 5) is 0. The van der Waals surface area contributed by atoms with Gasteiger partial charge in [-0.3, -0.25) is 0 Å². The Morgan fingerprint density at radius 2 is 1.48 bits per heavy atom. The third-order valence-corrected chi connectivity index (χ3v) is 8.59. The Morgan fingerprint density at radius 1 is 0.762 bits per heavy atom. The lowest BCUT2D eigenvalue weighted by molar-refractivity contribution is -0.133. The highest BCUT2D eigenvalue weighted by molar-refractivity contribution is 5.09. The summed E-state index contributed by atoms with van der Waals surface area (Å²) in [7, 11) is 0. The Labute approximate surface area is 129 Å². The zero-order valence-electron chi connectivity index (χ0n) is 13.7. The molecule has 120 valence electrons. The molecule has 0 bridgehead atoms. The summed E-state index contributed by atoms with van der Waals surface area (Å²) >= 11 is 0. The van der Waals surface area contributed by atoms with Gasteiger partial charge in [0.15, 0.2) is 0 Å². The molecule has 0 aromatic rings.